The van der Waals surface area contributed by atoms with Crippen LogP contribution in [0.1, 0.15) is 43.0 Å². The summed E-state index contributed by atoms with van der Waals surface area (Å²) >= 11 is 0. The van der Waals surface area contributed by atoms with Gasteiger partial charge in [-0.05, 0) is 26.0 Å². The molecule has 0 aliphatic carbocycles. The summed E-state index contributed by atoms with van der Waals surface area (Å²) in [5.74, 6) is 0.165. The molecule has 4 rings (SSSR count). The van der Waals surface area contributed by atoms with Gasteiger partial charge in [0.15, 0.2) is 11.6 Å². The largest absolute Gasteiger partial charge is 0.289 e. The summed E-state index contributed by atoms with van der Waals surface area (Å²) in [6, 6.07) is 34.0. The lowest BCUT2D eigenvalue weighted by atomic mass is 10.0. The highest BCUT2D eigenvalue weighted by molar-refractivity contribution is 6.09. The molecular weight excluding hydrogens is 368 g/mol. The second-order valence-corrected chi connectivity index (χ2v) is 7.13. The first kappa shape index (κ1) is 20.9. The molecule has 4 aromatic carbocycles. The Morgan fingerprint density at radius 3 is 1.10 bits per heavy atom. The molecule has 0 saturated carbocycles. The van der Waals surface area contributed by atoms with E-state index < -0.39 is 0 Å². The molecule has 2 nitrogen and oxygen atoms in total. The van der Waals surface area contributed by atoms with E-state index in [0.717, 1.165) is 33.4 Å². The molecule has 0 atom stereocenters. The molecule has 0 unspecified atom stereocenters. The molecule has 0 aromatic heterocycles. The van der Waals surface area contributed by atoms with Gasteiger partial charge in [0.05, 0.1) is 0 Å². The predicted octanol–water partition coefficient (Wildman–Crippen LogP) is 6.45. The maximum atomic E-state index is 12.0. The van der Waals surface area contributed by atoms with Crippen molar-refractivity contribution < 1.29 is 9.59 Å². The Labute approximate surface area is 177 Å². The summed E-state index contributed by atoms with van der Waals surface area (Å²) in [5.41, 5.74) is 5.20. The molecule has 0 aliphatic heterocycles. The van der Waals surface area contributed by atoms with Crippen LogP contribution in [0.4, 0.5) is 0 Å². The number of hydrogen-bond acceptors (Lipinski definition) is 2. The van der Waals surface area contributed by atoms with Gasteiger partial charge in [0.2, 0.25) is 0 Å². The third-order valence-corrected chi connectivity index (χ3v) is 4.63. The van der Waals surface area contributed by atoms with Crippen molar-refractivity contribution in [2.45, 2.75) is 13.8 Å². The number of hydrogen-bond donors (Lipinski definition) is 0. The summed E-state index contributed by atoms with van der Waals surface area (Å²) in [6.45, 7) is 3.98. The maximum absolute atomic E-state index is 12.0. The number of carbonyl (C=O) groups excluding carboxylic acids is 2. The Morgan fingerprint density at radius 2 is 0.767 bits per heavy atom. The van der Waals surface area contributed by atoms with Crippen LogP contribution < -0.4 is 0 Å². The lowest BCUT2D eigenvalue weighted by Gasteiger charge is -2.01. The Morgan fingerprint density at radius 1 is 0.433 bits per heavy atom. The number of rotatable bonds is 4. The molecular formula is C28H24O2. The molecule has 0 saturated heterocycles. The fraction of sp³-hybridized carbons (Fsp3) is 0.0714. The van der Waals surface area contributed by atoms with Gasteiger partial charge in [-0.3, -0.25) is 9.59 Å². The second kappa shape index (κ2) is 10.1. The van der Waals surface area contributed by atoms with Gasteiger partial charge in [-0.25, -0.2) is 0 Å². The molecule has 0 fully saturated rings. The van der Waals surface area contributed by atoms with Crippen LogP contribution in [-0.2, 0) is 0 Å². The first-order valence-corrected chi connectivity index (χ1v) is 9.87. The molecule has 0 spiro atoms. The summed E-state index contributed by atoms with van der Waals surface area (Å²) in [7, 11) is 0. The van der Waals surface area contributed by atoms with E-state index in [1.54, 1.807) is 0 Å². The zero-order valence-corrected chi connectivity index (χ0v) is 17.2. The Bertz CT molecular complexity index is 1040. The maximum Gasteiger partial charge on any atom is 0.193 e. The average Bonchev–Trinajstić information content (AvgIpc) is 2.80. The highest BCUT2D eigenvalue weighted by atomic mass is 16.1. The van der Waals surface area contributed by atoms with Crippen molar-refractivity contribution in [3.63, 3.8) is 0 Å². The molecule has 0 aliphatic rings. The van der Waals surface area contributed by atoms with E-state index in [0.29, 0.717) is 0 Å². The van der Waals surface area contributed by atoms with Crippen molar-refractivity contribution in [3.05, 3.63) is 143 Å². The Kier molecular flexibility index (Phi) is 7.07. The van der Waals surface area contributed by atoms with Crippen LogP contribution in [-0.4, -0.2) is 11.6 Å². The van der Waals surface area contributed by atoms with E-state index in [4.69, 9.17) is 0 Å². The molecule has 0 amide bonds. The van der Waals surface area contributed by atoms with Crippen LogP contribution in [0.5, 0.6) is 0 Å². The van der Waals surface area contributed by atoms with Gasteiger partial charge in [0.25, 0.3) is 0 Å². The van der Waals surface area contributed by atoms with Gasteiger partial charge in [-0.2, -0.15) is 0 Å². The number of ketones is 2. The molecule has 0 N–H and O–H groups in total. The van der Waals surface area contributed by atoms with Gasteiger partial charge in [-0.1, -0.05) is 108 Å². The van der Waals surface area contributed by atoms with Gasteiger partial charge < -0.3 is 0 Å². The molecule has 148 valence electrons. The van der Waals surface area contributed by atoms with Crippen LogP contribution >= 0.6 is 0 Å². The molecule has 2 heteroatoms. The van der Waals surface area contributed by atoms with Gasteiger partial charge in [0.1, 0.15) is 0 Å². The fourth-order valence-electron chi connectivity index (χ4n) is 3.08. The van der Waals surface area contributed by atoms with Crippen molar-refractivity contribution in [2.24, 2.45) is 0 Å². The second-order valence-electron chi connectivity index (χ2n) is 7.13. The molecule has 0 radical (unpaired) electrons. The van der Waals surface area contributed by atoms with E-state index in [1.165, 1.54) is 0 Å². The van der Waals surface area contributed by atoms with Crippen molar-refractivity contribution >= 4 is 11.6 Å². The lowest BCUT2D eigenvalue weighted by molar-refractivity contribution is 0.103. The smallest absolute Gasteiger partial charge is 0.193 e. The molecule has 4 aromatic rings. The predicted molar refractivity (Wildman–Crippen MR) is 122 cm³/mol. The van der Waals surface area contributed by atoms with Crippen molar-refractivity contribution in [2.75, 3.05) is 0 Å². The first-order valence-electron chi connectivity index (χ1n) is 9.87. The third-order valence-electron chi connectivity index (χ3n) is 4.63. The Hall–Kier alpha value is -3.78. The Balaban J connectivity index is 0.000000171. The molecule has 0 heterocycles. The van der Waals surface area contributed by atoms with E-state index in [2.05, 4.69) is 0 Å². The quantitative estimate of drug-likeness (QED) is 0.374. The van der Waals surface area contributed by atoms with Crippen molar-refractivity contribution in [1.82, 2.24) is 0 Å². The highest BCUT2D eigenvalue weighted by Crippen LogP contribution is 2.12. The normalized spacial score (nSPS) is 9.93. The van der Waals surface area contributed by atoms with Gasteiger partial charge in [-0.15, -0.1) is 0 Å². The number of aryl methyl sites for hydroxylation is 2. The molecule has 0 bridgehead atoms. The van der Waals surface area contributed by atoms with Crippen molar-refractivity contribution in [1.29, 1.82) is 0 Å². The average molecular weight is 392 g/mol. The third kappa shape index (κ3) is 5.62. The van der Waals surface area contributed by atoms with Crippen LogP contribution in [0.3, 0.4) is 0 Å². The van der Waals surface area contributed by atoms with Gasteiger partial charge in [0, 0.05) is 22.3 Å². The summed E-state index contributed by atoms with van der Waals surface area (Å²) in [4.78, 5) is 24.0. The minimum absolute atomic E-state index is 0.0827. The van der Waals surface area contributed by atoms with Crippen LogP contribution in [0, 0.1) is 13.8 Å². The zero-order chi connectivity index (χ0) is 21.3. The summed E-state index contributed by atoms with van der Waals surface area (Å²) in [5, 5.41) is 0. The number of benzene rings is 4. The lowest BCUT2D eigenvalue weighted by Crippen LogP contribution is -2.00. The van der Waals surface area contributed by atoms with E-state index in [9.17, 15) is 9.59 Å². The van der Waals surface area contributed by atoms with Gasteiger partial charge >= 0.3 is 0 Å². The number of carbonyl (C=O) groups is 2. The van der Waals surface area contributed by atoms with E-state index in [1.807, 2.05) is 123 Å². The van der Waals surface area contributed by atoms with Crippen LogP contribution in [0.25, 0.3) is 0 Å². The zero-order valence-electron chi connectivity index (χ0n) is 17.2. The van der Waals surface area contributed by atoms with Crippen LogP contribution in [0.2, 0.25) is 0 Å². The molecule has 30 heavy (non-hydrogen) atoms. The fourth-order valence-corrected chi connectivity index (χ4v) is 3.08. The monoisotopic (exact) mass is 392 g/mol. The summed E-state index contributed by atoms with van der Waals surface area (Å²) in [6.07, 6.45) is 0. The standard InChI is InChI=1S/2C14H12O/c2*1-11-6-5-9-13(10-11)14(15)12-7-3-2-4-8-12/h2*2-10H,1H3. The minimum atomic E-state index is 0.0827. The topological polar surface area (TPSA) is 34.1 Å². The van der Waals surface area contributed by atoms with E-state index in [-0.39, 0.29) is 11.6 Å². The van der Waals surface area contributed by atoms with E-state index >= 15 is 0 Å². The van der Waals surface area contributed by atoms with Crippen LogP contribution in [0.15, 0.2) is 109 Å². The SMILES string of the molecule is Cc1cccc(C(=O)c2ccccc2)c1.Cc1cccc(C(=O)c2ccccc2)c1. The summed E-state index contributed by atoms with van der Waals surface area (Å²) < 4.78 is 0. The van der Waals surface area contributed by atoms with Crippen molar-refractivity contribution in [3.8, 4) is 0 Å². The minimum Gasteiger partial charge on any atom is -0.289 e. The first-order chi connectivity index (χ1) is 14.5. The highest BCUT2D eigenvalue weighted by Gasteiger charge is 2.08.